The summed E-state index contributed by atoms with van der Waals surface area (Å²) in [5, 5.41) is 8.70. The molecule has 0 radical (unpaired) electrons. The second-order valence-corrected chi connectivity index (χ2v) is 3.80. The Kier molecular flexibility index (Phi) is 5.70. The zero-order valence-corrected chi connectivity index (χ0v) is 11.6. The topological polar surface area (TPSA) is 102 Å². The molecule has 110 valence electrons. The highest BCUT2D eigenvalue weighted by molar-refractivity contribution is 5.98. The number of amides is 1. The fourth-order valence-electron chi connectivity index (χ4n) is 1.64. The van der Waals surface area contributed by atoms with E-state index in [4.69, 9.17) is 14.6 Å². The van der Waals surface area contributed by atoms with Gasteiger partial charge in [-0.15, -0.1) is 0 Å². The third kappa shape index (κ3) is 3.56. The molecule has 8 nitrogen and oxygen atoms in total. The number of nitrogens with zero attached hydrogens (tertiary/aromatic N) is 3. The average molecular weight is 283 g/mol. The van der Waals surface area contributed by atoms with E-state index >= 15 is 0 Å². The second-order valence-electron chi connectivity index (χ2n) is 3.80. The first-order valence-corrected chi connectivity index (χ1v) is 5.99. The van der Waals surface area contributed by atoms with Crippen LogP contribution >= 0.6 is 0 Å². The maximum atomic E-state index is 12.4. The van der Waals surface area contributed by atoms with E-state index in [1.54, 1.807) is 6.92 Å². The first-order valence-electron chi connectivity index (χ1n) is 5.99. The van der Waals surface area contributed by atoms with Gasteiger partial charge in [0.15, 0.2) is 5.56 Å². The fraction of sp³-hybridized carbons (Fsp3) is 0.500. The molecule has 0 bridgehead atoms. The lowest BCUT2D eigenvalue weighted by Crippen LogP contribution is -2.33. The van der Waals surface area contributed by atoms with Gasteiger partial charge in [-0.3, -0.25) is 9.59 Å². The molecule has 0 fully saturated rings. The van der Waals surface area contributed by atoms with Crippen LogP contribution in [-0.4, -0.2) is 59.2 Å². The van der Waals surface area contributed by atoms with Crippen LogP contribution in [0.15, 0.2) is 6.33 Å². The Morgan fingerprint density at radius 1 is 1.25 bits per heavy atom. The van der Waals surface area contributed by atoms with Crippen LogP contribution in [0, 0.1) is 0 Å². The fourth-order valence-corrected chi connectivity index (χ4v) is 1.64. The summed E-state index contributed by atoms with van der Waals surface area (Å²) in [5.41, 5.74) is 0.0877. The quantitative estimate of drug-likeness (QED) is 0.774. The van der Waals surface area contributed by atoms with Crippen molar-refractivity contribution in [1.29, 1.82) is 0 Å². The smallest absolute Gasteiger partial charge is 0.305 e. The molecule has 0 spiro atoms. The maximum Gasteiger partial charge on any atom is 0.305 e. The normalized spacial score (nSPS) is 9.95. The summed E-state index contributed by atoms with van der Waals surface area (Å²) in [7, 11) is 2.76. The summed E-state index contributed by atoms with van der Waals surface area (Å²) >= 11 is 0. The number of rotatable bonds is 7. The molecule has 0 atom stereocenters. The highest BCUT2D eigenvalue weighted by Crippen LogP contribution is 2.25. The van der Waals surface area contributed by atoms with Crippen LogP contribution in [-0.2, 0) is 4.79 Å². The van der Waals surface area contributed by atoms with Crippen LogP contribution in [0.4, 0.5) is 0 Å². The van der Waals surface area contributed by atoms with Gasteiger partial charge in [0, 0.05) is 13.1 Å². The lowest BCUT2D eigenvalue weighted by molar-refractivity contribution is -0.137. The number of hydrogen-bond donors (Lipinski definition) is 1. The van der Waals surface area contributed by atoms with Crippen LogP contribution in [0.3, 0.4) is 0 Å². The van der Waals surface area contributed by atoms with Crippen LogP contribution in [0.2, 0.25) is 0 Å². The Morgan fingerprint density at radius 2 is 1.80 bits per heavy atom. The van der Waals surface area contributed by atoms with E-state index in [1.807, 2.05) is 0 Å². The summed E-state index contributed by atoms with van der Waals surface area (Å²) in [6.07, 6.45) is 1.08. The highest BCUT2D eigenvalue weighted by Gasteiger charge is 2.25. The van der Waals surface area contributed by atoms with Crippen LogP contribution in [0.5, 0.6) is 11.8 Å². The largest absolute Gasteiger partial charge is 0.481 e. The summed E-state index contributed by atoms with van der Waals surface area (Å²) < 4.78 is 10.1. The van der Waals surface area contributed by atoms with Crippen molar-refractivity contribution in [2.75, 3.05) is 27.3 Å². The van der Waals surface area contributed by atoms with Crippen molar-refractivity contribution in [3.05, 3.63) is 11.9 Å². The number of methoxy groups -OCH3 is 2. The van der Waals surface area contributed by atoms with Gasteiger partial charge in [0.25, 0.3) is 5.91 Å². The Morgan fingerprint density at radius 3 is 2.20 bits per heavy atom. The number of carboxylic acid groups (broad SMARTS) is 1. The van der Waals surface area contributed by atoms with Crippen molar-refractivity contribution in [3.8, 4) is 11.8 Å². The Bertz CT molecular complexity index is 470. The summed E-state index contributed by atoms with van der Waals surface area (Å²) in [6, 6.07) is 0. The van der Waals surface area contributed by atoms with Crippen LogP contribution < -0.4 is 9.47 Å². The molecule has 1 rings (SSSR count). The first kappa shape index (κ1) is 15.7. The van der Waals surface area contributed by atoms with Gasteiger partial charge in [-0.25, -0.2) is 9.97 Å². The zero-order chi connectivity index (χ0) is 15.1. The molecule has 1 aromatic heterocycles. The minimum atomic E-state index is -0.973. The lowest BCUT2D eigenvalue weighted by Gasteiger charge is -2.21. The summed E-state index contributed by atoms with van der Waals surface area (Å²) in [4.78, 5) is 32.1. The highest BCUT2D eigenvalue weighted by atomic mass is 16.5. The molecule has 8 heteroatoms. The Balaban J connectivity index is 3.07. The van der Waals surface area contributed by atoms with Gasteiger partial charge in [0.05, 0.1) is 20.6 Å². The van der Waals surface area contributed by atoms with Crippen molar-refractivity contribution in [2.45, 2.75) is 13.3 Å². The van der Waals surface area contributed by atoms with Gasteiger partial charge in [0.1, 0.15) is 6.33 Å². The molecule has 0 aromatic carbocycles. The van der Waals surface area contributed by atoms with E-state index in [9.17, 15) is 9.59 Å². The maximum absolute atomic E-state index is 12.4. The Hall–Kier alpha value is -2.38. The van der Waals surface area contributed by atoms with E-state index in [0.29, 0.717) is 6.54 Å². The third-order valence-electron chi connectivity index (χ3n) is 2.64. The van der Waals surface area contributed by atoms with E-state index in [1.165, 1.54) is 25.4 Å². The Labute approximate surface area is 116 Å². The van der Waals surface area contributed by atoms with Crippen LogP contribution in [0.1, 0.15) is 23.7 Å². The minimum Gasteiger partial charge on any atom is -0.481 e. The molecule has 0 saturated carbocycles. The zero-order valence-electron chi connectivity index (χ0n) is 11.6. The van der Waals surface area contributed by atoms with Crippen molar-refractivity contribution in [1.82, 2.24) is 14.9 Å². The molecule has 0 aliphatic carbocycles. The monoisotopic (exact) mass is 283 g/mol. The molecule has 0 unspecified atom stereocenters. The minimum absolute atomic E-state index is 0.0877. The molecular formula is C12H17N3O5. The molecule has 1 N–H and O–H groups in total. The number of hydrogen-bond acceptors (Lipinski definition) is 6. The van der Waals surface area contributed by atoms with Gasteiger partial charge in [0.2, 0.25) is 11.8 Å². The predicted molar refractivity (Wildman–Crippen MR) is 69.0 cm³/mol. The molecule has 0 aliphatic heterocycles. The van der Waals surface area contributed by atoms with Crippen LogP contribution in [0.25, 0.3) is 0 Å². The van der Waals surface area contributed by atoms with Crippen molar-refractivity contribution in [3.63, 3.8) is 0 Å². The number of aromatic nitrogens is 2. The van der Waals surface area contributed by atoms with Gasteiger partial charge in [-0.1, -0.05) is 0 Å². The standard InChI is InChI=1S/C12H17N3O5/c1-4-15(6-5-8(16)17)12(18)9-10(19-2)13-7-14-11(9)20-3/h7H,4-6H2,1-3H3,(H,16,17). The molecule has 1 amide bonds. The van der Waals surface area contributed by atoms with Crippen molar-refractivity contribution >= 4 is 11.9 Å². The number of carbonyl (C=O) groups is 2. The number of carbonyl (C=O) groups excluding carboxylic acids is 1. The van der Waals surface area contributed by atoms with E-state index < -0.39 is 11.9 Å². The second kappa shape index (κ2) is 7.27. The lowest BCUT2D eigenvalue weighted by atomic mass is 10.2. The SMILES string of the molecule is CCN(CCC(=O)O)C(=O)c1c(OC)ncnc1OC. The number of carboxylic acids is 1. The van der Waals surface area contributed by atoms with E-state index in [0.717, 1.165) is 0 Å². The third-order valence-corrected chi connectivity index (χ3v) is 2.64. The predicted octanol–water partition coefficient (Wildman–Crippen LogP) is 0.431. The van der Waals surface area contributed by atoms with E-state index in [2.05, 4.69) is 9.97 Å². The van der Waals surface area contributed by atoms with Crippen molar-refractivity contribution < 1.29 is 24.2 Å². The van der Waals surface area contributed by atoms with Gasteiger partial charge < -0.3 is 19.5 Å². The summed E-state index contributed by atoms with van der Waals surface area (Å²) in [6.45, 7) is 2.20. The summed E-state index contributed by atoms with van der Waals surface area (Å²) in [5.74, 6) is -1.21. The van der Waals surface area contributed by atoms with Gasteiger partial charge in [-0.2, -0.15) is 0 Å². The molecule has 0 saturated heterocycles. The number of aliphatic carboxylic acids is 1. The van der Waals surface area contributed by atoms with E-state index in [-0.39, 0.29) is 30.3 Å². The molecular weight excluding hydrogens is 266 g/mol. The molecule has 0 aliphatic rings. The van der Waals surface area contributed by atoms with Crippen molar-refractivity contribution in [2.24, 2.45) is 0 Å². The average Bonchev–Trinajstić information content (AvgIpc) is 2.46. The molecule has 1 aromatic rings. The van der Waals surface area contributed by atoms with Gasteiger partial charge in [-0.05, 0) is 6.92 Å². The first-order chi connectivity index (χ1) is 9.54. The van der Waals surface area contributed by atoms with Gasteiger partial charge >= 0.3 is 5.97 Å². The number of ether oxygens (including phenoxy) is 2. The molecule has 1 heterocycles. The molecule has 20 heavy (non-hydrogen) atoms.